The van der Waals surface area contributed by atoms with Crippen LogP contribution in [-0.4, -0.2) is 33.0 Å². The molecule has 1 saturated carbocycles. The van der Waals surface area contributed by atoms with E-state index in [1.807, 2.05) is 6.20 Å². The zero-order valence-electron chi connectivity index (χ0n) is 17.8. The van der Waals surface area contributed by atoms with Gasteiger partial charge >= 0.3 is 0 Å². The van der Waals surface area contributed by atoms with Gasteiger partial charge in [0.2, 0.25) is 0 Å². The molecule has 1 aliphatic carbocycles. The van der Waals surface area contributed by atoms with Crippen LogP contribution in [0.5, 0.6) is 0 Å². The molecule has 0 atom stereocenters. The van der Waals surface area contributed by atoms with Crippen molar-refractivity contribution in [3.8, 4) is 11.4 Å². The number of para-hydroxylation sites is 1. The number of anilines is 3. The van der Waals surface area contributed by atoms with E-state index in [1.54, 1.807) is 24.5 Å². The molecule has 1 N–H and O–H groups in total. The fraction of sp³-hybridized carbons (Fsp3) is 0.240. The zero-order chi connectivity index (χ0) is 22.4. The molecule has 3 aromatic heterocycles. The van der Waals surface area contributed by atoms with Crippen LogP contribution < -0.4 is 10.2 Å². The number of aromatic nitrogens is 4. The molecule has 33 heavy (non-hydrogen) atoms. The van der Waals surface area contributed by atoms with Crippen LogP contribution in [0, 0.1) is 18.1 Å². The third-order valence-corrected chi connectivity index (χ3v) is 6.12. The average Bonchev–Trinajstić information content (AvgIpc) is 3.54. The van der Waals surface area contributed by atoms with E-state index in [2.05, 4.69) is 26.6 Å². The van der Waals surface area contributed by atoms with Gasteiger partial charge in [-0.05, 0) is 61.4 Å². The summed E-state index contributed by atoms with van der Waals surface area (Å²) in [4.78, 5) is 20.7. The van der Waals surface area contributed by atoms with Crippen LogP contribution >= 0.6 is 0 Å². The number of halogens is 2. The van der Waals surface area contributed by atoms with Crippen LogP contribution in [-0.2, 0) is 0 Å². The van der Waals surface area contributed by atoms with Crippen LogP contribution in [0.2, 0.25) is 0 Å². The molecule has 1 aliphatic heterocycles. The Morgan fingerprint density at radius 2 is 1.88 bits per heavy atom. The van der Waals surface area contributed by atoms with Gasteiger partial charge in [0.15, 0.2) is 5.82 Å². The normalized spacial score (nSPS) is 15.9. The Morgan fingerprint density at radius 3 is 2.64 bits per heavy atom. The second-order valence-electron chi connectivity index (χ2n) is 8.44. The number of benzene rings is 1. The highest BCUT2D eigenvalue weighted by Gasteiger charge is 2.29. The number of hydrogen-bond acceptors (Lipinski definition) is 6. The molecule has 4 heterocycles. The highest BCUT2D eigenvalue weighted by atomic mass is 19.1. The lowest BCUT2D eigenvalue weighted by Crippen LogP contribution is -2.20. The van der Waals surface area contributed by atoms with Gasteiger partial charge in [0.25, 0.3) is 0 Å². The maximum Gasteiger partial charge on any atom is 0.162 e. The molecule has 6 rings (SSSR count). The third kappa shape index (κ3) is 3.75. The molecule has 2 fully saturated rings. The van der Waals surface area contributed by atoms with Gasteiger partial charge in [-0.1, -0.05) is 6.07 Å². The predicted molar refractivity (Wildman–Crippen MR) is 123 cm³/mol. The van der Waals surface area contributed by atoms with Crippen molar-refractivity contribution in [2.45, 2.75) is 25.2 Å². The summed E-state index contributed by atoms with van der Waals surface area (Å²) >= 11 is 0. The van der Waals surface area contributed by atoms with Crippen LogP contribution in [0.25, 0.3) is 22.3 Å². The third-order valence-electron chi connectivity index (χ3n) is 6.12. The summed E-state index contributed by atoms with van der Waals surface area (Å²) in [6.45, 7) is 1.75. The first-order valence-corrected chi connectivity index (χ1v) is 11.1. The number of nitrogens with zero attached hydrogens (tertiary/aromatic N) is 5. The van der Waals surface area contributed by atoms with E-state index in [4.69, 9.17) is 9.97 Å². The second-order valence-corrected chi connectivity index (χ2v) is 8.44. The Balaban J connectivity index is 1.45. The number of nitrogens with one attached hydrogen (secondary N) is 1. The highest BCUT2D eigenvalue weighted by molar-refractivity contribution is 5.94. The van der Waals surface area contributed by atoms with Gasteiger partial charge in [-0.15, -0.1) is 0 Å². The van der Waals surface area contributed by atoms with Crippen molar-refractivity contribution in [1.82, 2.24) is 19.9 Å². The monoisotopic (exact) mass is 443 g/mol. The maximum atomic E-state index is 14.1. The van der Waals surface area contributed by atoms with E-state index in [9.17, 15) is 8.78 Å². The first kappa shape index (κ1) is 20.0. The molecule has 0 amide bonds. The quantitative estimate of drug-likeness (QED) is 0.446. The fourth-order valence-corrected chi connectivity index (χ4v) is 4.31. The number of rotatable bonds is 5. The van der Waals surface area contributed by atoms with E-state index in [1.165, 1.54) is 36.6 Å². The van der Waals surface area contributed by atoms with E-state index in [0.29, 0.717) is 23.1 Å². The largest absolute Gasteiger partial charge is 0.356 e. The summed E-state index contributed by atoms with van der Waals surface area (Å²) in [6.07, 6.45) is 10.9. The van der Waals surface area contributed by atoms with Crippen molar-refractivity contribution < 1.29 is 8.78 Å². The number of pyridine rings is 2. The molecular formula is C25H21F2N6. The smallest absolute Gasteiger partial charge is 0.162 e. The van der Waals surface area contributed by atoms with Gasteiger partial charge in [-0.3, -0.25) is 4.98 Å². The van der Waals surface area contributed by atoms with E-state index in [0.717, 1.165) is 36.2 Å². The molecule has 0 unspecified atom stereocenters. The van der Waals surface area contributed by atoms with Gasteiger partial charge in [-0.2, -0.15) is 0 Å². The van der Waals surface area contributed by atoms with Gasteiger partial charge in [0.05, 0.1) is 11.7 Å². The summed E-state index contributed by atoms with van der Waals surface area (Å²) in [5.41, 5.74) is 2.48. The Kier molecular flexibility index (Phi) is 4.86. The summed E-state index contributed by atoms with van der Waals surface area (Å²) in [5.74, 6) is 0.901. The lowest BCUT2D eigenvalue weighted by atomic mass is 10.1. The molecule has 1 saturated heterocycles. The molecule has 6 nitrogen and oxygen atoms in total. The molecule has 165 valence electrons. The van der Waals surface area contributed by atoms with Crippen LogP contribution in [0.4, 0.5) is 26.1 Å². The summed E-state index contributed by atoms with van der Waals surface area (Å²) in [5, 5.41) is 3.82. The van der Waals surface area contributed by atoms with E-state index in [-0.39, 0.29) is 5.69 Å². The lowest BCUT2D eigenvalue weighted by Gasteiger charge is -2.21. The van der Waals surface area contributed by atoms with Crippen molar-refractivity contribution in [3.63, 3.8) is 0 Å². The summed E-state index contributed by atoms with van der Waals surface area (Å²) in [6, 6.07) is 7.22. The lowest BCUT2D eigenvalue weighted by molar-refractivity contribution is 0.590. The topological polar surface area (TPSA) is 66.8 Å². The SMILES string of the molecule is Fc1cccc(F)c1Nc1cc(-c2nc(N3C[CH]CC3)c3c(C4CC4)cncc3n2)ccn1. The first-order chi connectivity index (χ1) is 16.2. The van der Waals surface area contributed by atoms with Crippen molar-refractivity contribution in [3.05, 3.63) is 72.5 Å². The van der Waals surface area contributed by atoms with Crippen molar-refractivity contribution in [2.24, 2.45) is 0 Å². The highest BCUT2D eigenvalue weighted by Crippen LogP contribution is 2.45. The minimum absolute atomic E-state index is 0.242. The summed E-state index contributed by atoms with van der Waals surface area (Å²) < 4.78 is 28.2. The Morgan fingerprint density at radius 1 is 1.03 bits per heavy atom. The van der Waals surface area contributed by atoms with Gasteiger partial charge in [0.1, 0.15) is 29.0 Å². The molecule has 8 heteroatoms. The van der Waals surface area contributed by atoms with Gasteiger partial charge in [0, 0.05) is 36.4 Å². The minimum Gasteiger partial charge on any atom is -0.356 e. The minimum atomic E-state index is -0.685. The van der Waals surface area contributed by atoms with Crippen LogP contribution in [0.3, 0.4) is 0 Å². The molecule has 1 radical (unpaired) electrons. The van der Waals surface area contributed by atoms with Crippen molar-refractivity contribution in [1.29, 1.82) is 0 Å². The number of hydrogen-bond donors (Lipinski definition) is 1. The van der Waals surface area contributed by atoms with E-state index < -0.39 is 11.6 Å². The average molecular weight is 443 g/mol. The zero-order valence-corrected chi connectivity index (χ0v) is 17.8. The maximum absolute atomic E-state index is 14.1. The second kappa shape index (κ2) is 8.03. The fourth-order valence-electron chi connectivity index (χ4n) is 4.31. The molecule has 4 aromatic rings. The predicted octanol–water partition coefficient (Wildman–Crippen LogP) is 5.40. The molecule has 0 bridgehead atoms. The van der Waals surface area contributed by atoms with Crippen LogP contribution in [0.15, 0.2) is 48.9 Å². The Bertz CT molecular complexity index is 1330. The standard InChI is InChI=1S/C25H21F2N6/c26-18-4-3-5-19(27)23(18)31-21-12-16(8-9-29-21)24-30-20-14-28-13-17(15-6-7-15)22(20)25(32-24)33-10-1-2-11-33/h1,3-5,8-9,12-15H,2,6-7,10-11H2,(H,29,31). The molecule has 1 aromatic carbocycles. The molecule has 2 aliphatic rings. The van der Waals surface area contributed by atoms with Crippen molar-refractivity contribution >= 4 is 28.2 Å². The van der Waals surface area contributed by atoms with Crippen molar-refractivity contribution in [2.75, 3.05) is 23.3 Å². The Labute approximate surface area is 189 Å². The van der Waals surface area contributed by atoms with Gasteiger partial charge in [-0.25, -0.2) is 23.7 Å². The number of fused-ring (bicyclic) bond motifs is 1. The Hall–Kier alpha value is -3.68. The summed E-state index contributed by atoms with van der Waals surface area (Å²) in [7, 11) is 0. The molecule has 0 spiro atoms. The molecular weight excluding hydrogens is 422 g/mol. The first-order valence-electron chi connectivity index (χ1n) is 11.1. The van der Waals surface area contributed by atoms with Gasteiger partial charge < -0.3 is 10.2 Å². The van der Waals surface area contributed by atoms with Crippen LogP contribution in [0.1, 0.15) is 30.7 Å². The van der Waals surface area contributed by atoms with E-state index >= 15 is 0 Å².